The highest BCUT2D eigenvalue weighted by atomic mass is 19.1. The van der Waals surface area contributed by atoms with Crippen LogP contribution in [0.4, 0.5) is 10.2 Å². The van der Waals surface area contributed by atoms with E-state index in [1.807, 2.05) is 24.3 Å². The number of esters is 1. The Hall–Kier alpha value is -3.48. The summed E-state index contributed by atoms with van der Waals surface area (Å²) < 4.78 is 18.4. The van der Waals surface area contributed by atoms with Crippen molar-refractivity contribution in [2.45, 2.75) is 19.4 Å². The van der Waals surface area contributed by atoms with Crippen LogP contribution in [0.15, 0.2) is 54.6 Å². The van der Waals surface area contributed by atoms with Gasteiger partial charge in [0, 0.05) is 32.1 Å². The number of ether oxygens (including phenoxy) is 1. The fraction of sp³-hybridized carbons (Fsp3) is 0.292. The largest absolute Gasteiger partial charge is 0.452 e. The van der Waals surface area contributed by atoms with Crippen LogP contribution in [0.2, 0.25) is 0 Å². The second kappa shape index (κ2) is 9.12. The summed E-state index contributed by atoms with van der Waals surface area (Å²) in [6.07, 6.45) is 2.10. The molecule has 0 bridgehead atoms. The highest BCUT2D eigenvalue weighted by Crippen LogP contribution is 2.27. The molecule has 1 amide bonds. The Morgan fingerprint density at radius 3 is 2.55 bits per heavy atom. The average Bonchev–Trinajstić information content (AvgIpc) is 3.32. The number of anilines is 1. The molecule has 0 unspecified atom stereocenters. The number of pyridine rings is 1. The number of hydrogen-bond acceptors (Lipinski definition) is 5. The van der Waals surface area contributed by atoms with E-state index in [1.165, 1.54) is 17.0 Å². The van der Waals surface area contributed by atoms with E-state index >= 15 is 0 Å². The highest BCUT2D eigenvalue weighted by molar-refractivity contribution is 6.00. The van der Waals surface area contributed by atoms with E-state index in [2.05, 4.69) is 4.90 Å². The standard InChI is InChI=1S/C24H24FN3O3/c1-27(15-17-8-10-19(25)11-9-17)22(29)16-31-24(30)20-14-18-6-2-3-7-21(18)26-23(20)28-12-4-5-13-28/h2-3,6-11,14H,4-5,12-13,15-16H2,1H3. The van der Waals surface area contributed by atoms with Gasteiger partial charge in [0.15, 0.2) is 6.61 Å². The van der Waals surface area contributed by atoms with Crippen molar-refractivity contribution in [2.24, 2.45) is 0 Å². The van der Waals surface area contributed by atoms with Crippen LogP contribution < -0.4 is 4.90 Å². The van der Waals surface area contributed by atoms with E-state index in [9.17, 15) is 14.0 Å². The summed E-state index contributed by atoms with van der Waals surface area (Å²) in [4.78, 5) is 33.6. The summed E-state index contributed by atoms with van der Waals surface area (Å²) in [6, 6.07) is 15.3. The maximum atomic E-state index is 13.0. The van der Waals surface area contributed by atoms with Gasteiger partial charge in [-0.05, 0) is 42.7 Å². The number of halogens is 1. The number of para-hydroxylation sites is 1. The lowest BCUT2D eigenvalue weighted by atomic mass is 10.1. The van der Waals surface area contributed by atoms with Crippen LogP contribution in [0.5, 0.6) is 0 Å². The molecule has 4 rings (SSSR count). The smallest absolute Gasteiger partial charge is 0.342 e. The summed E-state index contributed by atoms with van der Waals surface area (Å²) in [5.41, 5.74) is 1.98. The molecule has 0 aliphatic carbocycles. The summed E-state index contributed by atoms with van der Waals surface area (Å²) >= 11 is 0. The van der Waals surface area contributed by atoms with Crippen molar-refractivity contribution in [3.63, 3.8) is 0 Å². The number of aromatic nitrogens is 1. The van der Waals surface area contributed by atoms with Crippen molar-refractivity contribution in [1.29, 1.82) is 0 Å². The van der Waals surface area contributed by atoms with Crippen LogP contribution in [-0.2, 0) is 16.1 Å². The molecule has 1 fully saturated rings. The van der Waals surface area contributed by atoms with Crippen LogP contribution in [0.1, 0.15) is 28.8 Å². The van der Waals surface area contributed by atoms with Crippen molar-refractivity contribution >= 4 is 28.6 Å². The third kappa shape index (κ3) is 4.82. The molecule has 2 aromatic carbocycles. The number of likely N-dealkylation sites (N-methyl/N-ethyl adjacent to an activating group) is 1. The molecule has 1 saturated heterocycles. The molecule has 7 heteroatoms. The predicted molar refractivity (Wildman–Crippen MR) is 116 cm³/mol. The minimum Gasteiger partial charge on any atom is -0.452 e. The number of amides is 1. The SMILES string of the molecule is CN(Cc1ccc(F)cc1)C(=O)COC(=O)c1cc2ccccc2nc1N1CCCC1. The molecule has 1 aliphatic rings. The minimum atomic E-state index is -0.566. The number of carbonyl (C=O) groups excluding carboxylic acids is 2. The van der Waals surface area contributed by atoms with Gasteiger partial charge < -0.3 is 14.5 Å². The van der Waals surface area contributed by atoms with Crippen LogP contribution in [-0.4, -0.2) is 48.5 Å². The topological polar surface area (TPSA) is 62.7 Å². The Kier molecular flexibility index (Phi) is 6.11. The van der Waals surface area contributed by atoms with Gasteiger partial charge in [-0.3, -0.25) is 4.79 Å². The molecule has 3 aromatic rings. The van der Waals surface area contributed by atoms with Gasteiger partial charge in [0.2, 0.25) is 0 Å². The van der Waals surface area contributed by atoms with Gasteiger partial charge in [-0.1, -0.05) is 30.3 Å². The van der Waals surface area contributed by atoms with Crippen LogP contribution in [0.25, 0.3) is 10.9 Å². The fourth-order valence-corrected chi connectivity index (χ4v) is 3.69. The molecule has 160 valence electrons. The Balaban J connectivity index is 1.46. The quantitative estimate of drug-likeness (QED) is 0.567. The zero-order valence-corrected chi connectivity index (χ0v) is 17.4. The second-order valence-electron chi connectivity index (χ2n) is 7.70. The van der Waals surface area contributed by atoms with Crippen LogP contribution in [0, 0.1) is 5.82 Å². The van der Waals surface area contributed by atoms with Gasteiger partial charge in [0.25, 0.3) is 5.91 Å². The molecule has 0 atom stereocenters. The number of nitrogens with zero attached hydrogens (tertiary/aromatic N) is 3. The molecule has 2 heterocycles. The molecular formula is C24H24FN3O3. The van der Waals surface area contributed by atoms with Gasteiger partial charge in [0.1, 0.15) is 17.2 Å². The third-order valence-electron chi connectivity index (χ3n) is 5.41. The summed E-state index contributed by atoms with van der Waals surface area (Å²) in [5.74, 6) is -0.629. The van der Waals surface area contributed by atoms with Crippen LogP contribution in [0.3, 0.4) is 0 Å². The molecule has 0 radical (unpaired) electrons. The number of carbonyl (C=O) groups is 2. The first-order valence-electron chi connectivity index (χ1n) is 10.3. The predicted octanol–water partition coefficient (Wildman–Crippen LogP) is 3.79. The number of hydrogen-bond donors (Lipinski definition) is 0. The molecular weight excluding hydrogens is 397 g/mol. The molecule has 0 saturated carbocycles. The van der Waals surface area contributed by atoms with Crippen molar-refractivity contribution in [3.8, 4) is 0 Å². The first-order valence-corrected chi connectivity index (χ1v) is 10.3. The molecule has 6 nitrogen and oxygen atoms in total. The van der Waals surface area contributed by atoms with E-state index in [0.717, 1.165) is 42.4 Å². The van der Waals surface area contributed by atoms with Gasteiger partial charge >= 0.3 is 5.97 Å². The fourth-order valence-electron chi connectivity index (χ4n) is 3.69. The zero-order chi connectivity index (χ0) is 21.8. The lowest BCUT2D eigenvalue weighted by molar-refractivity contribution is -0.133. The normalized spacial score (nSPS) is 13.4. The molecule has 31 heavy (non-hydrogen) atoms. The van der Waals surface area contributed by atoms with Crippen molar-refractivity contribution in [3.05, 3.63) is 71.5 Å². The van der Waals surface area contributed by atoms with E-state index in [-0.39, 0.29) is 18.3 Å². The van der Waals surface area contributed by atoms with Gasteiger partial charge in [-0.25, -0.2) is 14.2 Å². The number of rotatable bonds is 6. The van der Waals surface area contributed by atoms with E-state index in [0.29, 0.717) is 17.9 Å². The van der Waals surface area contributed by atoms with Gasteiger partial charge in [0.05, 0.1) is 5.52 Å². The molecule has 0 N–H and O–H groups in total. The Bertz CT molecular complexity index is 1090. The number of benzene rings is 2. The lowest BCUT2D eigenvalue weighted by Crippen LogP contribution is -2.31. The Labute approximate surface area is 180 Å². The summed E-state index contributed by atoms with van der Waals surface area (Å²) in [5, 5.41) is 0.845. The maximum absolute atomic E-state index is 13.0. The third-order valence-corrected chi connectivity index (χ3v) is 5.41. The minimum absolute atomic E-state index is 0.299. The molecule has 0 spiro atoms. The average molecular weight is 421 g/mol. The zero-order valence-electron chi connectivity index (χ0n) is 17.4. The van der Waals surface area contributed by atoms with Gasteiger partial charge in [-0.2, -0.15) is 0 Å². The van der Waals surface area contributed by atoms with E-state index in [4.69, 9.17) is 9.72 Å². The summed E-state index contributed by atoms with van der Waals surface area (Å²) in [6.45, 7) is 1.60. The van der Waals surface area contributed by atoms with Crippen LogP contribution >= 0.6 is 0 Å². The van der Waals surface area contributed by atoms with E-state index in [1.54, 1.807) is 25.2 Å². The monoisotopic (exact) mass is 421 g/mol. The summed E-state index contributed by atoms with van der Waals surface area (Å²) in [7, 11) is 1.62. The van der Waals surface area contributed by atoms with Gasteiger partial charge in [-0.15, -0.1) is 0 Å². The molecule has 1 aliphatic heterocycles. The second-order valence-corrected chi connectivity index (χ2v) is 7.70. The Morgan fingerprint density at radius 2 is 1.81 bits per heavy atom. The lowest BCUT2D eigenvalue weighted by Gasteiger charge is -2.21. The van der Waals surface area contributed by atoms with Crippen molar-refractivity contribution in [2.75, 3.05) is 31.6 Å². The highest BCUT2D eigenvalue weighted by Gasteiger charge is 2.24. The number of fused-ring (bicyclic) bond motifs is 1. The van der Waals surface area contributed by atoms with Crippen molar-refractivity contribution < 1.29 is 18.7 Å². The maximum Gasteiger partial charge on any atom is 0.342 e. The van der Waals surface area contributed by atoms with Crippen molar-refractivity contribution in [1.82, 2.24) is 9.88 Å². The van der Waals surface area contributed by atoms with E-state index < -0.39 is 5.97 Å². The first-order chi connectivity index (χ1) is 15.0. The first kappa shape index (κ1) is 20.8. The Morgan fingerprint density at radius 1 is 1.10 bits per heavy atom. The molecule has 1 aromatic heterocycles.